The van der Waals surface area contributed by atoms with E-state index in [4.69, 9.17) is 4.74 Å². The van der Waals surface area contributed by atoms with Gasteiger partial charge in [0.15, 0.2) is 0 Å². The number of hydrogen-bond acceptors (Lipinski definition) is 5. The van der Waals surface area contributed by atoms with Gasteiger partial charge in [-0.2, -0.15) is 11.8 Å². The molecule has 0 atom stereocenters. The van der Waals surface area contributed by atoms with E-state index < -0.39 is 5.60 Å². The van der Waals surface area contributed by atoms with Gasteiger partial charge in [-0.1, -0.05) is 0 Å². The van der Waals surface area contributed by atoms with Gasteiger partial charge in [-0.3, -0.25) is 4.90 Å². The minimum Gasteiger partial charge on any atom is -0.444 e. The number of carbonyl (C=O) groups excluding carboxylic acids is 1. The average Bonchev–Trinajstić information content (AvgIpc) is 2.51. The van der Waals surface area contributed by atoms with Crippen LogP contribution in [0.3, 0.4) is 0 Å². The molecule has 0 spiro atoms. The quantitative estimate of drug-likeness (QED) is 0.777. The highest BCUT2D eigenvalue weighted by molar-refractivity contribution is 7.99. The molecule has 0 aromatic heterocycles. The van der Waals surface area contributed by atoms with E-state index in [1.54, 1.807) is 0 Å². The summed E-state index contributed by atoms with van der Waals surface area (Å²) in [6.07, 6.45) is 3.66. The first-order chi connectivity index (χ1) is 10.9. The lowest BCUT2D eigenvalue weighted by Crippen LogP contribution is -2.50. The third-order valence-corrected chi connectivity index (χ3v) is 5.38. The van der Waals surface area contributed by atoms with Crippen LogP contribution in [0.25, 0.3) is 0 Å². The van der Waals surface area contributed by atoms with Gasteiger partial charge in [-0.15, -0.1) is 0 Å². The molecule has 0 unspecified atom stereocenters. The number of nitrogens with zero attached hydrogens (tertiary/aromatic N) is 2. The molecule has 0 aromatic rings. The minimum atomic E-state index is -0.405. The third-order valence-electron chi connectivity index (χ3n) is 4.33. The number of amides is 1. The van der Waals surface area contributed by atoms with E-state index in [0.29, 0.717) is 0 Å². The lowest BCUT2D eigenvalue weighted by atomic mass is 10.1. The van der Waals surface area contributed by atoms with Gasteiger partial charge in [-0.25, -0.2) is 4.79 Å². The lowest BCUT2D eigenvalue weighted by molar-refractivity contribution is 0.0144. The number of nitrogens with one attached hydrogen (secondary N) is 1. The Labute approximate surface area is 145 Å². The lowest BCUT2D eigenvalue weighted by Gasteiger charge is -2.35. The summed E-state index contributed by atoms with van der Waals surface area (Å²) >= 11 is 2.08. The fourth-order valence-corrected chi connectivity index (χ4v) is 4.10. The van der Waals surface area contributed by atoms with Crippen LogP contribution in [0.5, 0.6) is 0 Å². The molecule has 0 saturated carbocycles. The van der Waals surface area contributed by atoms with Crippen molar-refractivity contribution >= 4 is 17.9 Å². The van der Waals surface area contributed by atoms with E-state index in [0.717, 1.165) is 45.3 Å². The third kappa shape index (κ3) is 7.31. The number of hydrogen-bond donors (Lipinski definition) is 1. The molecule has 0 radical (unpaired) electrons. The first-order valence-corrected chi connectivity index (χ1v) is 10.1. The smallest absolute Gasteiger partial charge is 0.410 e. The van der Waals surface area contributed by atoms with Crippen LogP contribution in [0, 0.1) is 0 Å². The molecule has 2 saturated heterocycles. The summed E-state index contributed by atoms with van der Waals surface area (Å²) in [6.45, 7) is 11.5. The van der Waals surface area contributed by atoms with Crippen LogP contribution in [-0.2, 0) is 4.74 Å². The van der Waals surface area contributed by atoms with Crippen molar-refractivity contribution in [2.45, 2.75) is 51.7 Å². The number of rotatable bonds is 5. The highest BCUT2D eigenvalue weighted by atomic mass is 32.2. The summed E-state index contributed by atoms with van der Waals surface area (Å²) < 4.78 is 5.43. The zero-order valence-corrected chi connectivity index (χ0v) is 15.8. The number of piperazine rings is 1. The maximum atomic E-state index is 12.0. The van der Waals surface area contributed by atoms with Crippen LogP contribution >= 0.6 is 11.8 Å². The van der Waals surface area contributed by atoms with Gasteiger partial charge >= 0.3 is 6.09 Å². The summed E-state index contributed by atoms with van der Waals surface area (Å²) in [5.74, 6) is 2.62. The minimum absolute atomic E-state index is 0.172. The Bertz CT molecular complexity index is 359. The predicted molar refractivity (Wildman–Crippen MR) is 97.2 cm³/mol. The summed E-state index contributed by atoms with van der Waals surface area (Å²) in [5.41, 5.74) is -0.405. The molecule has 2 fully saturated rings. The Hall–Kier alpha value is -0.460. The van der Waals surface area contributed by atoms with Crippen molar-refractivity contribution in [3.63, 3.8) is 0 Å². The molecule has 1 amide bonds. The molecule has 0 aliphatic carbocycles. The van der Waals surface area contributed by atoms with Gasteiger partial charge in [0.1, 0.15) is 5.60 Å². The van der Waals surface area contributed by atoms with Gasteiger partial charge in [0, 0.05) is 32.2 Å². The molecule has 5 nitrogen and oxygen atoms in total. The second-order valence-electron chi connectivity index (χ2n) is 7.50. The summed E-state index contributed by atoms with van der Waals surface area (Å²) in [4.78, 5) is 16.3. The molecule has 0 bridgehead atoms. The first-order valence-electron chi connectivity index (χ1n) is 8.95. The van der Waals surface area contributed by atoms with Crippen molar-refractivity contribution in [2.75, 3.05) is 50.8 Å². The standard InChI is InChI=1S/C17H33N3O2S/c1-17(2,3)22-16(21)20-11-9-19(10-12-20)8-4-7-18-15-5-13-23-14-6-15/h15,18H,4-14H2,1-3H3. The summed E-state index contributed by atoms with van der Waals surface area (Å²) in [6, 6.07) is 0.736. The van der Waals surface area contributed by atoms with E-state index in [2.05, 4.69) is 22.0 Å². The van der Waals surface area contributed by atoms with Gasteiger partial charge < -0.3 is 15.0 Å². The van der Waals surface area contributed by atoms with E-state index in [-0.39, 0.29) is 6.09 Å². The first kappa shape index (κ1) is 18.9. The fraction of sp³-hybridized carbons (Fsp3) is 0.941. The van der Waals surface area contributed by atoms with Crippen LogP contribution in [0.2, 0.25) is 0 Å². The van der Waals surface area contributed by atoms with Crippen molar-refractivity contribution in [1.82, 2.24) is 15.1 Å². The van der Waals surface area contributed by atoms with E-state index in [1.165, 1.54) is 30.8 Å². The monoisotopic (exact) mass is 343 g/mol. The zero-order valence-electron chi connectivity index (χ0n) is 15.0. The zero-order chi connectivity index (χ0) is 16.7. The van der Waals surface area contributed by atoms with E-state index in [9.17, 15) is 4.79 Å². The Morgan fingerprint density at radius 2 is 1.83 bits per heavy atom. The molecule has 2 aliphatic heterocycles. The second-order valence-corrected chi connectivity index (χ2v) is 8.73. The van der Waals surface area contributed by atoms with Crippen LogP contribution in [0.1, 0.15) is 40.0 Å². The summed E-state index contributed by atoms with van der Waals surface area (Å²) in [5, 5.41) is 3.69. The Kier molecular flexibility index (Phi) is 7.50. The van der Waals surface area contributed by atoms with Gasteiger partial charge in [0.2, 0.25) is 0 Å². The predicted octanol–water partition coefficient (Wildman–Crippen LogP) is 2.41. The molecule has 2 aliphatic rings. The van der Waals surface area contributed by atoms with Crippen molar-refractivity contribution in [1.29, 1.82) is 0 Å². The fourth-order valence-electron chi connectivity index (χ4n) is 2.99. The molecule has 2 heterocycles. The van der Waals surface area contributed by atoms with Crippen molar-refractivity contribution in [3.8, 4) is 0 Å². The molecule has 6 heteroatoms. The van der Waals surface area contributed by atoms with Crippen LogP contribution in [0.4, 0.5) is 4.79 Å². The van der Waals surface area contributed by atoms with Crippen molar-refractivity contribution < 1.29 is 9.53 Å². The molecule has 134 valence electrons. The van der Waals surface area contributed by atoms with Crippen LogP contribution < -0.4 is 5.32 Å². The largest absolute Gasteiger partial charge is 0.444 e. The van der Waals surface area contributed by atoms with Crippen molar-refractivity contribution in [3.05, 3.63) is 0 Å². The second kappa shape index (κ2) is 9.14. The topological polar surface area (TPSA) is 44.8 Å². The van der Waals surface area contributed by atoms with Gasteiger partial charge in [0.25, 0.3) is 0 Å². The molecular weight excluding hydrogens is 310 g/mol. The van der Waals surface area contributed by atoms with Gasteiger partial charge in [-0.05, 0) is 64.6 Å². The van der Waals surface area contributed by atoms with Gasteiger partial charge in [0.05, 0.1) is 0 Å². The number of thioether (sulfide) groups is 1. The normalized spacial score (nSPS) is 21.4. The Balaban J connectivity index is 1.55. The summed E-state index contributed by atoms with van der Waals surface area (Å²) in [7, 11) is 0. The van der Waals surface area contributed by atoms with Crippen LogP contribution in [0.15, 0.2) is 0 Å². The number of ether oxygens (including phenoxy) is 1. The highest BCUT2D eigenvalue weighted by Gasteiger charge is 2.25. The average molecular weight is 344 g/mol. The maximum absolute atomic E-state index is 12.0. The Morgan fingerprint density at radius 3 is 2.43 bits per heavy atom. The Morgan fingerprint density at radius 1 is 1.17 bits per heavy atom. The SMILES string of the molecule is CC(C)(C)OC(=O)N1CCN(CCCNC2CCSCC2)CC1. The molecular formula is C17H33N3O2S. The highest BCUT2D eigenvalue weighted by Crippen LogP contribution is 2.16. The van der Waals surface area contributed by atoms with E-state index in [1.807, 2.05) is 25.7 Å². The molecule has 23 heavy (non-hydrogen) atoms. The molecule has 1 N–H and O–H groups in total. The van der Waals surface area contributed by atoms with Crippen LogP contribution in [-0.4, -0.2) is 78.3 Å². The molecule has 0 aromatic carbocycles. The van der Waals surface area contributed by atoms with E-state index >= 15 is 0 Å². The van der Waals surface area contributed by atoms with Crippen molar-refractivity contribution in [2.24, 2.45) is 0 Å². The number of carbonyl (C=O) groups is 1. The molecule has 2 rings (SSSR count). The maximum Gasteiger partial charge on any atom is 0.410 e.